The first-order valence-electron chi connectivity index (χ1n) is 8.72. The molecule has 25 heavy (non-hydrogen) atoms. The average molecular weight is 364 g/mol. The largest absolute Gasteiger partial charge is 0.451 e. The van der Waals surface area contributed by atoms with Crippen molar-refractivity contribution in [3.05, 3.63) is 29.5 Å². The van der Waals surface area contributed by atoms with Gasteiger partial charge in [-0.25, -0.2) is 8.42 Å². The molecule has 1 saturated heterocycles. The molecule has 0 N–H and O–H groups in total. The molecule has 2 aromatic rings. The van der Waals surface area contributed by atoms with E-state index in [-0.39, 0.29) is 10.8 Å². The van der Waals surface area contributed by atoms with Crippen molar-refractivity contribution in [1.29, 1.82) is 0 Å². The number of benzene rings is 1. The second-order valence-electron chi connectivity index (χ2n) is 6.30. The molecule has 0 spiro atoms. The Morgan fingerprint density at radius 3 is 2.44 bits per heavy atom. The monoisotopic (exact) mass is 364 g/mol. The van der Waals surface area contributed by atoms with Crippen molar-refractivity contribution < 1.29 is 17.6 Å². The summed E-state index contributed by atoms with van der Waals surface area (Å²) in [5.74, 6) is 0.202. The Kier molecular flexibility index (Phi) is 4.88. The third-order valence-electron chi connectivity index (χ3n) is 4.84. The number of hydrogen-bond donors (Lipinski definition) is 0. The van der Waals surface area contributed by atoms with Gasteiger partial charge in [0.25, 0.3) is 5.91 Å². The maximum absolute atomic E-state index is 12.7. The van der Waals surface area contributed by atoms with Gasteiger partial charge >= 0.3 is 0 Å². The topological polar surface area (TPSA) is 70.8 Å². The van der Waals surface area contributed by atoms with Gasteiger partial charge in [-0.15, -0.1) is 0 Å². The summed E-state index contributed by atoms with van der Waals surface area (Å²) in [5, 5.41) is 0.677. The Morgan fingerprint density at radius 1 is 1.20 bits per heavy atom. The van der Waals surface area contributed by atoms with E-state index in [0.29, 0.717) is 35.4 Å². The van der Waals surface area contributed by atoms with Gasteiger partial charge in [-0.1, -0.05) is 13.8 Å². The number of rotatable bonds is 5. The maximum atomic E-state index is 12.7. The van der Waals surface area contributed by atoms with Gasteiger partial charge in [-0.05, 0) is 38.0 Å². The number of amides is 1. The molecular formula is C18H24N2O4S. The SMILES string of the molecule is CCN(CC)S(=O)(=O)c1ccc2oc(C(=O)N3CCCC3)c(C)c2c1. The predicted molar refractivity (Wildman–Crippen MR) is 96.2 cm³/mol. The number of likely N-dealkylation sites (tertiary alicyclic amines) is 1. The summed E-state index contributed by atoms with van der Waals surface area (Å²) in [7, 11) is -3.54. The van der Waals surface area contributed by atoms with Gasteiger partial charge in [0.1, 0.15) is 5.58 Å². The average Bonchev–Trinajstić information content (AvgIpc) is 3.23. The fourth-order valence-electron chi connectivity index (χ4n) is 3.34. The highest BCUT2D eigenvalue weighted by molar-refractivity contribution is 7.89. The lowest BCUT2D eigenvalue weighted by Gasteiger charge is -2.18. The standard InChI is InChI=1S/C18H24N2O4S/c1-4-20(5-2)25(22,23)14-8-9-16-15(12-14)13(3)17(24-16)18(21)19-10-6-7-11-19/h8-9,12H,4-7,10-11H2,1-3H3. The van der Waals surface area contributed by atoms with Gasteiger partial charge in [0.2, 0.25) is 10.0 Å². The highest BCUT2D eigenvalue weighted by Crippen LogP contribution is 2.30. The molecule has 1 aromatic heterocycles. The molecule has 1 amide bonds. The van der Waals surface area contributed by atoms with E-state index in [9.17, 15) is 13.2 Å². The summed E-state index contributed by atoms with van der Waals surface area (Å²) in [4.78, 5) is 14.6. The van der Waals surface area contributed by atoms with Crippen molar-refractivity contribution in [2.75, 3.05) is 26.2 Å². The lowest BCUT2D eigenvalue weighted by atomic mass is 10.1. The molecule has 1 aliphatic rings. The molecule has 1 aliphatic heterocycles. The summed E-state index contributed by atoms with van der Waals surface area (Å²) in [6, 6.07) is 4.80. The van der Waals surface area contributed by atoms with Crippen LogP contribution in [0.15, 0.2) is 27.5 Å². The van der Waals surface area contributed by atoms with Crippen LogP contribution in [-0.4, -0.2) is 49.7 Å². The van der Waals surface area contributed by atoms with Gasteiger partial charge in [-0.2, -0.15) is 4.31 Å². The maximum Gasteiger partial charge on any atom is 0.289 e. The van der Waals surface area contributed by atoms with Crippen molar-refractivity contribution in [3.8, 4) is 0 Å². The van der Waals surface area contributed by atoms with E-state index in [4.69, 9.17) is 4.42 Å². The highest BCUT2D eigenvalue weighted by Gasteiger charge is 2.27. The number of carbonyl (C=O) groups is 1. The van der Waals surface area contributed by atoms with Crippen molar-refractivity contribution in [2.24, 2.45) is 0 Å². The smallest absolute Gasteiger partial charge is 0.289 e. The number of aryl methyl sites for hydroxylation is 1. The van der Waals surface area contributed by atoms with Crippen LogP contribution < -0.4 is 0 Å². The van der Waals surface area contributed by atoms with E-state index in [1.807, 2.05) is 20.8 Å². The molecule has 0 unspecified atom stereocenters. The first kappa shape index (κ1) is 17.9. The van der Waals surface area contributed by atoms with Gasteiger partial charge < -0.3 is 9.32 Å². The zero-order valence-corrected chi connectivity index (χ0v) is 15.7. The van der Waals surface area contributed by atoms with E-state index in [2.05, 4.69) is 0 Å². The first-order valence-corrected chi connectivity index (χ1v) is 10.2. The van der Waals surface area contributed by atoms with Crippen LogP contribution in [0.1, 0.15) is 42.8 Å². The molecule has 0 atom stereocenters. The van der Waals surface area contributed by atoms with Crippen LogP contribution in [0.3, 0.4) is 0 Å². The summed E-state index contributed by atoms with van der Waals surface area (Å²) in [5.41, 5.74) is 1.24. The Balaban J connectivity index is 2.04. The molecule has 3 rings (SSSR count). The Labute approximate surface area is 148 Å². The minimum absolute atomic E-state index is 0.112. The molecule has 0 bridgehead atoms. The zero-order valence-electron chi connectivity index (χ0n) is 14.9. The van der Waals surface area contributed by atoms with E-state index < -0.39 is 10.0 Å². The van der Waals surface area contributed by atoms with Gasteiger partial charge in [0.15, 0.2) is 5.76 Å². The number of nitrogens with zero attached hydrogens (tertiary/aromatic N) is 2. The third-order valence-corrected chi connectivity index (χ3v) is 6.88. The van der Waals surface area contributed by atoms with Crippen LogP contribution in [0.4, 0.5) is 0 Å². The zero-order chi connectivity index (χ0) is 18.2. The molecule has 136 valence electrons. The lowest BCUT2D eigenvalue weighted by molar-refractivity contribution is 0.0762. The Hall–Kier alpha value is -1.86. The fourth-order valence-corrected chi connectivity index (χ4v) is 4.83. The van der Waals surface area contributed by atoms with Gasteiger partial charge in [-0.3, -0.25) is 4.79 Å². The van der Waals surface area contributed by atoms with E-state index >= 15 is 0 Å². The molecule has 1 aromatic carbocycles. The fraction of sp³-hybridized carbons (Fsp3) is 0.500. The molecule has 1 fully saturated rings. The molecular weight excluding hydrogens is 340 g/mol. The predicted octanol–water partition coefficient (Wildman–Crippen LogP) is 3.01. The second kappa shape index (κ2) is 6.80. The number of hydrogen-bond acceptors (Lipinski definition) is 4. The first-order chi connectivity index (χ1) is 11.9. The van der Waals surface area contributed by atoms with Crippen molar-refractivity contribution in [2.45, 2.75) is 38.5 Å². The van der Waals surface area contributed by atoms with E-state index in [1.165, 1.54) is 4.31 Å². The summed E-state index contributed by atoms with van der Waals surface area (Å²) in [6.07, 6.45) is 2.02. The highest BCUT2D eigenvalue weighted by atomic mass is 32.2. The molecule has 2 heterocycles. The second-order valence-corrected chi connectivity index (χ2v) is 8.24. The Bertz CT molecular complexity index is 891. The summed E-state index contributed by atoms with van der Waals surface area (Å²) < 4.78 is 32.6. The van der Waals surface area contributed by atoms with E-state index in [0.717, 1.165) is 25.9 Å². The number of carbonyl (C=O) groups excluding carboxylic acids is 1. The molecule has 0 aliphatic carbocycles. The summed E-state index contributed by atoms with van der Waals surface area (Å²) in [6.45, 7) is 7.77. The lowest BCUT2D eigenvalue weighted by Crippen LogP contribution is -2.30. The number of fused-ring (bicyclic) bond motifs is 1. The van der Waals surface area contributed by atoms with Crippen LogP contribution >= 0.6 is 0 Å². The Morgan fingerprint density at radius 2 is 1.84 bits per heavy atom. The van der Waals surface area contributed by atoms with Crippen LogP contribution in [0.5, 0.6) is 0 Å². The third kappa shape index (κ3) is 3.06. The van der Waals surface area contributed by atoms with Crippen LogP contribution in [0.2, 0.25) is 0 Å². The molecule has 6 nitrogen and oxygen atoms in total. The van der Waals surface area contributed by atoms with Crippen molar-refractivity contribution in [3.63, 3.8) is 0 Å². The quantitative estimate of drug-likeness (QED) is 0.818. The van der Waals surface area contributed by atoms with Gasteiger partial charge in [0.05, 0.1) is 4.90 Å². The minimum Gasteiger partial charge on any atom is -0.451 e. The summed E-state index contributed by atoms with van der Waals surface area (Å²) >= 11 is 0. The van der Waals surface area contributed by atoms with Crippen molar-refractivity contribution >= 4 is 26.9 Å². The molecule has 0 saturated carbocycles. The van der Waals surface area contributed by atoms with Gasteiger partial charge in [0, 0.05) is 37.1 Å². The molecule has 0 radical (unpaired) electrons. The van der Waals surface area contributed by atoms with Crippen molar-refractivity contribution in [1.82, 2.24) is 9.21 Å². The minimum atomic E-state index is -3.54. The van der Waals surface area contributed by atoms with Crippen LogP contribution in [0, 0.1) is 6.92 Å². The van der Waals surface area contributed by atoms with Crippen LogP contribution in [0.25, 0.3) is 11.0 Å². The van der Waals surface area contributed by atoms with Crippen LogP contribution in [-0.2, 0) is 10.0 Å². The normalized spacial score (nSPS) is 15.4. The number of furan rings is 1. The molecule has 7 heteroatoms. The number of sulfonamides is 1. The van der Waals surface area contributed by atoms with E-state index in [1.54, 1.807) is 23.1 Å².